The second kappa shape index (κ2) is 6.03. The summed E-state index contributed by atoms with van der Waals surface area (Å²) in [5.74, 6) is 0.925. The fourth-order valence-electron chi connectivity index (χ4n) is 1.95. The van der Waals surface area contributed by atoms with Crippen LogP contribution in [0.15, 0.2) is 24.3 Å². The average molecular weight is 235 g/mol. The maximum Gasteiger partial charge on any atom is 0.124 e. The standard InChI is InChI=1S/C14H21NO2/c1-2-12(15)9-11-3-5-13(6-4-11)17-14-7-8-16-10-14/h3-6,12,14H,2,7-10,15H2,1H3. The largest absolute Gasteiger partial charge is 0.488 e. The van der Waals surface area contributed by atoms with Crippen LogP contribution in [-0.4, -0.2) is 25.4 Å². The predicted octanol–water partition coefficient (Wildman–Crippen LogP) is 2.13. The van der Waals surface area contributed by atoms with Crippen LogP contribution >= 0.6 is 0 Å². The summed E-state index contributed by atoms with van der Waals surface area (Å²) >= 11 is 0. The molecule has 2 rings (SSSR count). The van der Waals surface area contributed by atoms with Gasteiger partial charge in [-0.15, -0.1) is 0 Å². The Morgan fingerprint density at radius 1 is 1.41 bits per heavy atom. The third kappa shape index (κ3) is 3.72. The Balaban J connectivity index is 1.88. The SMILES string of the molecule is CCC(N)Cc1ccc(OC2CCOC2)cc1. The highest BCUT2D eigenvalue weighted by molar-refractivity contribution is 5.28. The van der Waals surface area contributed by atoms with E-state index >= 15 is 0 Å². The number of benzene rings is 1. The van der Waals surface area contributed by atoms with Crippen LogP contribution in [0.25, 0.3) is 0 Å². The molecule has 17 heavy (non-hydrogen) atoms. The molecule has 0 saturated carbocycles. The Morgan fingerprint density at radius 3 is 2.76 bits per heavy atom. The molecular weight excluding hydrogens is 214 g/mol. The van der Waals surface area contributed by atoms with Crippen LogP contribution in [0.5, 0.6) is 5.75 Å². The van der Waals surface area contributed by atoms with Crippen LogP contribution in [0.1, 0.15) is 25.3 Å². The molecule has 1 aliphatic heterocycles. The molecule has 1 aliphatic rings. The first-order valence-electron chi connectivity index (χ1n) is 6.37. The van der Waals surface area contributed by atoms with Gasteiger partial charge in [0.2, 0.25) is 0 Å². The number of nitrogens with two attached hydrogens (primary N) is 1. The van der Waals surface area contributed by atoms with E-state index in [1.165, 1.54) is 5.56 Å². The monoisotopic (exact) mass is 235 g/mol. The summed E-state index contributed by atoms with van der Waals surface area (Å²) in [6.45, 7) is 3.64. The summed E-state index contributed by atoms with van der Waals surface area (Å²) in [5.41, 5.74) is 7.20. The summed E-state index contributed by atoms with van der Waals surface area (Å²) < 4.78 is 11.1. The normalized spacial score (nSPS) is 21.4. The van der Waals surface area contributed by atoms with Gasteiger partial charge in [0.25, 0.3) is 0 Å². The highest BCUT2D eigenvalue weighted by Gasteiger charge is 2.16. The van der Waals surface area contributed by atoms with Gasteiger partial charge in [-0.3, -0.25) is 0 Å². The van der Waals surface area contributed by atoms with Gasteiger partial charge in [0.15, 0.2) is 0 Å². The molecule has 0 bridgehead atoms. The van der Waals surface area contributed by atoms with Crippen molar-refractivity contribution in [1.82, 2.24) is 0 Å². The second-order valence-electron chi connectivity index (χ2n) is 4.62. The van der Waals surface area contributed by atoms with E-state index in [9.17, 15) is 0 Å². The summed E-state index contributed by atoms with van der Waals surface area (Å²) in [5, 5.41) is 0. The van der Waals surface area contributed by atoms with Gasteiger partial charge in [-0.25, -0.2) is 0 Å². The van der Waals surface area contributed by atoms with Gasteiger partial charge in [0.1, 0.15) is 11.9 Å². The molecule has 1 fully saturated rings. The highest BCUT2D eigenvalue weighted by Crippen LogP contribution is 2.18. The maximum absolute atomic E-state index is 5.93. The van der Waals surface area contributed by atoms with E-state index in [0.717, 1.165) is 31.6 Å². The lowest BCUT2D eigenvalue weighted by Crippen LogP contribution is -2.21. The minimum atomic E-state index is 0.221. The molecule has 0 aromatic heterocycles. The van der Waals surface area contributed by atoms with Crippen molar-refractivity contribution in [2.45, 2.75) is 38.3 Å². The van der Waals surface area contributed by atoms with Gasteiger partial charge in [0, 0.05) is 12.5 Å². The molecule has 1 saturated heterocycles. The third-order valence-corrected chi connectivity index (χ3v) is 3.14. The molecular formula is C14H21NO2. The molecule has 0 amide bonds. The van der Waals surface area contributed by atoms with Crippen LogP contribution in [-0.2, 0) is 11.2 Å². The Hall–Kier alpha value is -1.06. The van der Waals surface area contributed by atoms with Crippen LogP contribution < -0.4 is 10.5 Å². The molecule has 2 N–H and O–H groups in total. The van der Waals surface area contributed by atoms with Gasteiger partial charge in [-0.2, -0.15) is 0 Å². The van der Waals surface area contributed by atoms with Crippen LogP contribution in [0, 0.1) is 0 Å². The van der Waals surface area contributed by atoms with Crippen molar-refractivity contribution >= 4 is 0 Å². The number of hydrogen-bond acceptors (Lipinski definition) is 3. The van der Waals surface area contributed by atoms with Crippen molar-refractivity contribution in [3.8, 4) is 5.75 Å². The van der Waals surface area contributed by atoms with Crippen LogP contribution in [0.2, 0.25) is 0 Å². The molecule has 3 heteroatoms. The van der Waals surface area contributed by atoms with Gasteiger partial charge in [-0.1, -0.05) is 19.1 Å². The molecule has 0 radical (unpaired) electrons. The first-order valence-corrected chi connectivity index (χ1v) is 6.37. The zero-order chi connectivity index (χ0) is 12.1. The van der Waals surface area contributed by atoms with E-state index in [1.807, 2.05) is 12.1 Å². The van der Waals surface area contributed by atoms with E-state index in [0.29, 0.717) is 6.61 Å². The number of ether oxygens (including phenoxy) is 2. The summed E-state index contributed by atoms with van der Waals surface area (Å²) in [6.07, 6.45) is 3.16. The molecule has 1 heterocycles. The minimum absolute atomic E-state index is 0.221. The summed E-state index contributed by atoms with van der Waals surface area (Å²) in [6, 6.07) is 8.50. The first-order chi connectivity index (χ1) is 8.28. The summed E-state index contributed by atoms with van der Waals surface area (Å²) in [7, 11) is 0. The van der Waals surface area contributed by atoms with E-state index in [-0.39, 0.29) is 12.1 Å². The molecule has 2 unspecified atom stereocenters. The molecule has 3 nitrogen and oxygen atoms in total. The second-order valence-corrected chi connectivity index (χ2v) is 4.62. The minimum Gasteiger partial charge on any atom is -0.488 e. The predicted molar refractivity (Wildman–Crippen MR) is 68.3 cm³/mol. The van der Waals surface area contributed by atoms with Crippen LogP contribution in [0.3, 0.4) is 0 Å². The van der Waals surface area contributed by atoms with Crippen molar-refractivity contribution in [2.24, 2.45) is 5.73 Å². The maximum atomic E-state index is 5.93. The fourth-order valence-corrected chi connectivity index (χ4v) is 1.95. The van der Waals surface area contributed by atoms with Gasteiger partial charge in [-0.05, 0) is 30.5 Å². The van der Waals surface area contributed by atoms with Gasteiger partial charge < -0.3 is 15.2 Å². The van der Waals surface area contributed by atoms with Crippen molar-refractivity contribution in [3.05, 3.63) is 29.8 Å². The summed E-state index contributed by atoms with van der Waals surface area (Å²) in [4.78, 5) is 0. The number of hydrogen-bond donors (Lipinski definition) is 1. The zero-order valence-electron chi connectivity index (χ0n) is 10.4. The molecule has 0 spiro atoms. The molecule has 0 aliphatic carbocycles. The van der Waals surface area contributed by atoms with Crippen molar-refractivity contribution in [2.75, 3.05) is 13.2 Å². The third-order valence-electron chi connectivity index (χ3n) is 3.14. The van der Waals surface area contributed by atoms with E-state index in [1.54, 1.807) is 0 Å². The first kappa shape index (κ1) is 12.4. The van der Waals surface area contributed by atoms with Crippen molar-refractivity contribution in [1.29, 1.82) is 0 Å². The van der Waals surface area contributed by atoms with E-state index in [2.05, 4.69) is 19.1 Å². The lowest BCUT2D eigenvalue weighted by atomic mass is 10.0. The molecule has 1 aromatic rings. The average Bonchev–Trinajstić information content (AvgIpc) is 2.84. The van der Waals surface area contributed by atoms with Gasteiger partial charge >= 0.3 is 0 Å². The zero-order valence-corrected chi connectivity index (χ0v) is 10.4. The van der Waals surface area contributed by atoms with Crippen molar-refractivity contribution in [3.63, 3.8) is 0 Å². The topological polar surface area (TPSA) is 44.5 Å². The fraction of sp³-hybridized carbons (Fsp3) is 0.571. The lowest BCUT2D eigenvalue weighted by Gasteiger charge is -2.13. The molecule has 1 aromatic carbocycles. The lowest BCUT2D eigenvalue weighted by molar-refractivity contribution is 0.141. The van der Waals surface area contributed by atoms with Crippen molar-refractivity contribution < 1.29 is 9.47 Å². The van der Waals surface area contributed by atoms with Crippen LogP contribution in [0.4, 0.5) is 0 Å². The highest BCUT2D eigenvalue weighted by atomic mass is 16.5. The Bertz CT molecular complexity index is 331. The quantitative estimate of drug-likeness (QED) is 0.850. The number of rotatable bonds is 5. The van der Waals surface area contributed by atoms with Gasteiger partial charge in [0.05, 0.1) is 13.2 Å². The Morgan fingerprint density at radius 2 is 2.18 bits per heavy atom. The Labute approximate surface area is 103 Å². The van der Waals surface area contributed by atoms with E-state index in [4.69, 9.17) is 15.2 Å². The smallest absolute Gasteiger partial charge is 0.124 e. The molecule has 2 atom stereocenters. The molecule has 94 valence electrons. The van der Waals surface area contributed by atoms with E-state index < -0.39 is 0 Å². The Kier molecular flexibility index (Phi) is 4.40.